The molecule has 3 aromatic rings. The molecule has 0 unspecified atom stereocenters. The molecule has 0 saturated carbocycles. The van der Waals surface area contributed by atoms with E-state index in [1.807, 2.05) is 36.4 Å². The molecule has 1 aliphatic heterocycles. The minimum Gasteiger partial charge on any atom is -0.389 e. The minimum atomic E-state index is -0.529. The fourth-order valence-corrected chi connectivity index (χ4v) is 4.37. The first-order valence-corrected chi connectivity index (χ1v) is 9.71. The number of nitrogens with zero attached hydrogens (tertiary/aromatic N) is 1. The van der Waals surface area contributed by atoms with E-state index in [2.05, 4.69) is 46.6 Å². The van der Waals surface area contributed by atoms with Crippen LogP contribution in [0.1, 0.15) is 0 Å². The molecule has 0 amide bonds. The highest BCUT2D eigenvalue weighted by Gasteiger charge is 2.24. The number of benzene rings is 3. The number of aliphatic hydroxyl groups excluding tert-OH is 1. The van der Waals surface area contributed by atoms with Crippen molar-refractivity contribution in [1.29, 1.82) is 0 Å². The predicted molar refractivity (Wildman–Crippen MR) is 110 cm³/mol. The van der Waals surface area contributed by atoms with Crippen molar-refractivity contribution in [1.82, 2.24) is 0 Å². The summed E-state index contributed by atoms with van der Waals surface area (Å²) in [5.74, 6) is 0. The van der Waals surface area contributed by atoms with Crippen LogP contribution in [0.5, 0.6) is 0 Å². The molecule has 0 fully saturated rings. The van der Waals surface area contributed by atoms with Crippen molar-refractivity contribution >= 4 is 40.4 Å². The molecule has 2 N–H and O–H groups in total. The summed E-state index contributed by atoms with van der Waals surface area (Å²) in [7, 11) is 0. The quantitative estimate of drug-likeness (QED) is 0.618. The van der Waals surface area contributed by atoms with Gasteiger partial charge in [0.1, 0.15) is 0 Å². The van der Waals surface area contributed by atoms with Gasteiger partial charge in [-0.1, -0.05) is 53.7 Å². The van der Waals surface area contributed by atoms with Crippen LogP contribution in [-0.4, -0.2) is 24.3 Å². The van der Waals surface area contributed by atoms with Crippen molar-refractivity contribution in [2.45, 2.75) is 15.9 Å². The monoisotopic (exact) mass is 382 g/mol. The fraction of sp³-hybridized carbons (Fsp3) is 0.143. The molecule has 0 aliphatic carbocycles. The van der Waals surface area contributed by atoms with Crippen LogP contribution in [0, 0.1) is 0 Å². The summed E-state index contributed by atoms with van der Waals surface area (Å²) in [4.78, 5) is 4.62. The van der Waals surface area contributed by atoms with Gasteiger partial charge in [-0.3, -0.25) is 0 Å². The maximum absolute atomic E-state index is 10.6. The van der Waals surface area contributed by atoms with Crippen LogP contribution in [0.2, 0.25) is 5.02 Å². The summed E-state index contributed by atoms with van der Waals surface area (Å²) in [5, 5.41) is 14.6. The number of anilines is 3. The van der Waals surface area contributed by atoms with E-state index in [0.29, 0.717) is 18.1 Å². The molecule has 5 heteroatoms. The van der Waals surface area contributed by atoms with Gasteiger partial charge in [-0.15, -0.1) is 0 Å². The Labute approximate surface area is 162 Å². The number of hydrogen-bond donors (Lipinski definition) is 2. The molecule has 1 heterocycles. The van der Waals surface area contributed by atoms with Crippen molar-refractivity contribution in [2.24, 2.45) is 0 Å². The maximum Gasteiger partial charge on any atom is 0.0891 e. The molecule has 132 valence electrons. The summed E-state index contributed by atoms with van der Waals surface area (Å²) in [6.07, 6.45) is -0.529. The molecule has 0 aromatic heterocycles. The van der Waals surface area contributed by atoms with Crippen LogP contribution in [-0.2, 0) is 0 Å². The van der Waals surface area contributed by atoms with Gasteiger partial charge in [-0.05, 0) is 42.5 Å². The topological polar surface area (TPSA) is 35.5 Å². The van der Waals surface area contributed by atoms with Crippen molar-refractivity contribution in [3.8, 4) is 0 Å². The minimum absolute atomic E-state index is 0.453. The van der Waals surface area contributed by atoms with Gasteiger partial charge in [0.2, 0.25) is 0 Å². The van der Waals surface area contributed by atoms with Crippen molar-refractivity contribution in [3.63, 3.8) is 0 Å². The Hall–Kier alpha value is -2.14. The first kappa shape index (κ1) is 17.3. The molecule has 4 rings (SSSR count). The lowest BCUT2D eigenvalue weighted by molar-refractivity contribution is 0.195. The van der Waals surface area contributed by atoms with Crippen molar-refractivity contribution in [3.05, 3.63) is 77.8 Å². The van der Waals surface area contributed by atoms with E-state index in [0.717, 1.165) is 17.1 Å². The van der Waals surface area contributed by atoms with Crippen LogP contribution in [0.3, 0.4) is 0 Å². The van der Waals surface area contributed by atoms with Gasteiger partial charge in [-0.25, -0.2) is 0 Å². The normalized spacial score (nSPS) is 13.7. The van der Waals surface area contributed by atoms with E-state index in [1.54, 1.807) is 11.8 Å². The zero-order chi connectivity index (χ0) is 17.9. The van der Waals surface area contributed by atoms with E-state index >= 15 is 0 Å². The second-order valence-electron chi connectivity index (χ2n) is 6.19. The van der Waals surface area contributed by atoms with E-state index in [1.165, 1.54) is 9.79 Å². The van der Waals surface area contributed by atoms with Crippen molar-refractivity contribution in [2.75, 3.05) is 23.3 Å². The first-order chi connectivity index (χ1) is 12.7. The lowest BCUT2D eigenvalue weighted by Gasteiger charge is -2.34. The fourth-order valence-electron chi connectivity index (χ4n) is 3.09. The third-order valence-corrected chi connectivity index (χ3v) is 5.66. The summed E-state index contributed by atoms with van der Waals surface area (Å²) in [6.45, 7) is 0.969. The molecule has 3 nitrogen and oxygen atoms in total. The lowest BCUT2D eigenvalue weighted by atomic mass is 10.2. The second kappa shape index (κ2) is 7.62. The molecule has 3 aromatic carbocycles. The Morgan fingerprint density at radius 2 is 1.58 bits per heavy atom. The molecular formula is C21H19ClN2OS. The number of aliphatic hydroxyl groups is 1. The number of halogens is 1. The SMILES string of the molecule is O[C@H](CNc1cccc(Cl)c1)CN1c2ccccc2Sc2ccccc21. The van der Waals surface area contributed by atoms with Crippen LogP contribution < -0.4 is 10.2 Å². The maximum atomic E-state index is 10.6. The smallest absolute Gasteiger partial charge is 0.0891 e. The van der Waals surface area contributed by atoms with Crippen LogP contribution in [0.25, 0.3) is 0 Å². The lowest BCUT2D eigenvalue weighted by Crippen LogP contribution is -2.34. The number of rotatable bonds is 5. The summed E-state index contributed by atoms with van der Waals surface area (Å²) in [6, 6.07) is 24.2. The Kier molecular flexibility index (Phi) is 5.07. The number of para-hydroxylation sites is 2. The second-order valence-corrected chi connectivity index (χ2v) is 7.71. The Bertz CT molecular complexity index is 872. The number of fused-ring (bicyclic) bond motifs is 2. The molecule has 0 radical (unpaired) electrons. The van der Waals surface area contributed by atoms with Crippen molar-refractivity contribution < 1.29 is 5.11 Å². The van der Waals surface area contributed by atoms with Crippen LogP contribution in [0.15, 0.2) is 82.6 Å². The summed E-state index contributed by atoms with van der Waals surface area (Å²) in [5.41, 5.74) is 3.18. The first-order valence-electron chi connectivity index (χ1n) is 8.51. The standard InChI is InChI=1S/C21H19ClN2OS/c22-15-6-5-7-16(12-15)23-13-17(25)14-24-18-8-1-3-10-20(18)26-21-11-4-2-9-19(21)24/h1-12,17,23,25H,13-14H2/t17-/m1/s1. The molecule has 0 spiro atoms. The van der Waals surface area contributed by atoms with Gasteiger partial charge in [0, 0.05) is 27.0 Å². The van der Waals surface area contributed by atoms with E-state index in [4.69, 9.17) is 11.6 Å². The molecular weight excluding hydrogens is 364 g/mol. The largest absolute Gasteiger partial charge is 0.389 e. The number of nitrogens with one attached hydrogen (secondary N) is 1. The highest BCUT2D eigenvalue weighted by molar-refractivity contribution is 7.99. The van der Waals surface area contributed by atoms with Gasteiger partial charge in [-0.2, -0.15) is 0 Å². The Balaban J connectivity index is 1.52. The van der Waals surface area contributed by atoms with Gasteiger partial charge in [0.05, 0.1) is 24.0 Å². The van der Waals surface area contributed by atoms with E-state index in [-0.39, 0.29) is 0 Å². The Morgan fingerprint density at radius 3 is 2.23 bits per heavy atom. The van der Waals surface area contributed by atoms with Crippen LogP contribution in [0.4, 0.5) is 17.1 Å². The van der Waals surface area contributed by atoms with Gasteiger partial charge in [0.25, 0.3) is 0 Å². The summed E-state index contributed by atoms with van der Waals surface area (Å²) >= 11 is 7.79. The molecule has 26 heavy (non-hydrogen) atoms. The van der Waals surface area contributed by atoms with Crippen LogP contribution >= 0.6 is 23.4 Å². The third kappa shape index (κ3) is 3.68. The average molecular weight is 383 g/mol. The van der Waals surface area contributed by atoms with Gasteiger partial charge < -0.3 is 15.3 Å². The van der Waals surface area contributed by atoms with E-state index in [9.17, 15) is 5.11 Å². The van der Waals surface area contributed by atoms with Gasteiger partial charge >= 0.3 is 0 Å². The number of β-amino-alcohol motifs (C(OH)–C–C–N with tert-alkyl or cyclic N) is 1. The summed E-state index contributed by atoms with van der Waals surface area (Å²) < 4.78 is 0. The molecule has 1 atom stereocenters. The third-order valence-electron chi connectivity index (χ3n) is 4.29. The number of hydrogen-bond acceptors (Lipinski definition) is 4. The zero-order valence-corrected chi connectivity index (χ0v) is 15.7. The zero-order valence-electron chi connectivity index (χ0n) is 14.1. The highest BCUT2D eigenvalue weighted by atomic mass is 35.5. The molecule has 1 aliphatic rings. The molecule has 0 saturated heterocycles. The highest BCUT2D eigenvalue weighted by Crippen LogP contribution is 2.47. The van der Waals surface area contributed by atoms with E-state index < -0.39 is 6.10 Å². The average Bonchev–Trinajstić information content (AvgIpc) is 2.66. The Morgan fingerprint density at radius 1 is 0.923 bits per heavy atom. The predicted octanol–water partition coefficient (Wildman–Crippen LogP) is 5.42. The van der Waals surface area contributed by atoms with Gasteiger partial charge in [0.15, 0.2) is 0 Å². The molecule has 0 bridgehead atoms.